The van der Waals surface area contributed by atoms with Gasteiger partial charge in [-0.1, -0.05) is 26.0 Å². The topological polar surface area (TPSA) is 90.9 Å². The number of primary amides is 1. The maximum Gasteiger partial charge on any atom is 0.435 e. The number of hydrogen-bond acceptors (Lipinski definition) is 4. The highest BCUT2D eigenvalue weighted by Crippen LogP contribution is 2.36. The predicted octanol–water partition coefficient (Wildman–Crippen LogP) is 6.66. The second-order valence-corrected chi connectivity index (χ2v) is 10.2. The zero-order chi connectivity index (χ0) is 30.8. The van der Waals surface area contributed by atoms with E-state index in [2.05, 4.69) is 10.1 Å². The number of nitrogens with two attached hydrogens (primary N) is 1. The number of aromatic nitrogens is 3. The standard InChI is InChI=1S/C30H26F6N4O2/c1-16(2)28(40-9-7-26(39-40)30(34,35)36)25(41)14-19(10-17-11-20(31)15-21(32)12-17)27-22(4-3-8-38-27)18-5-6-24(33)23(13-18)29(37)42/h3-9,11-13,15-16,19,28H,10,14H2,1-2H3,(H2,37,42)/t19-,28?/m1/s1. The van der Waals surface area contributed by atoms with Crippen LogP contribution in [0.15, 0.2) is 67.0 Å². The fraction of sp³-hybridized carbons (Fsp3) is 0.267. The lowest BCUT2D eigenvalue weighted by atomic mass is 9.84. The molecule has 2 heterocycles. The minimum absolute atomic E-state index is 0.0774. The molecule has 1 amide bonds. The maximum absolute atomic E-state index is 14.2. The molecule has 42 heavy (non-hydrogen) atoms. The van der Waals surface area contributed by atoms with Gasteiger partial charge in [-0.3, -0.25) is 19.3 Å². The number of halogens is 6. The van der Waals surface area contributed by atoms with E-state index in [0.29, 0.717) is 17.2 Å². The molecule has 0 aliphatic heterocycles. The summed E-state index contributed by atoms with van der Waals surface area (Å²) in [5, 5.41) is 3.59. The van der Waals surface area contributed by atoms with Gasteiger partial charge in [-0.25, -0.2) is 13.2 Å². The zero-order valence-electron chi connectivity index (χ0n) is 22.5. The first-order valence-corrected chi connectivity index (χ1v) is 12.9. The lowest BCUT2D eigenvalue weighted by molar-refractivity contribution is -0.142. The number of carbonyl (C=O) groups is 2. The molecule has 2 N–H and O–H groups in total. The summed E-state index contributed by atoms with van der Waals surface area (Å²) in [6.45, 7) is 3.31. The maximum atomic E-state index is 14.2. The van der Waals surface area contributed by atoms with Gasteiger partial charge in [-0.15, -0.1) is 0 Å². The fourth-order valence-corrected chi connectivity index (χ4v) is 4.98. The van der Waals surface area contributed by atoms with Crippen LogP contribution in [0.25, 0.3) is 11.1 Å². The van der Waals surface area contributed by atoms with Gasteiger partial charge < -0.3 is 5.73 Å². The number of nitrogens with zero attached hydrogens (tertiary/aromatic N) is 3. The van der Waals surface area contributed by atoms with Crippen LogP contribution < -0.4 is 5.73 Å². The van der Waals surface area contributed by atoms with Gasteiger partial charge in [0.05, 0.1) is 11.3 Å². The Morgan fingerprint density at radius 1 is 0.976 bits per heavy atom. The van der Waals surface area contributed by atoms with E-state index in [1.807, 2.05) is 0 Å². The molecule has 6 nitrogen and oxygen atoms in total. The van der Waals surface area contributed by atoms with E-state index in [1.54, 1.807) is 26.0 Å². The first-order chi connectivity index (χ1) is 19.7. The monoisotopic (exact) mass is 588 g/mol. The van der Waals surface area contributed by atoms with Crippen molar-refractivity contribution in [2.24, 2.45) is 11.7 Å². The molecule has 4 rings (SSSR count). The van der Waals surface area contributed by atoms with Gasteiger partial charge in [-0.05, 0) is 59.9 Å². The van der Waals surface area contributed by atoms with Crippen molar-refractivity contribution < 1.29 is 35.9 Å². The predicted molar refractivity (Wildman–Crippen MR) is 142 cm³/mol. The second kappa shape index (κ2) is 12.2. The Labute approximate surface area is 237 Å². The van der Waals surface area contributed by atoms with Crippen LogP contribution in [0, 0.1) is 23.4 Å². The first-order valence-electron chi connectivity index (χ1n) is 12.9. The number of benzene rings is 2. The van der Waals surface area contributed by atoms with Crippen LogP contribution in [0.1, 0.15) is 59.5 Å². The summed E-state index contributed by atoms with van der Waals surface area (Å²) in [6.07, 6.45) is -2.56. The van der Waals surface area contributed by atoms with E-state index in [9.17, 15) is 35.9 Å². The van der Waals surface area contributed by atoms with Crippen LogP contribution in [-0.2, 0) is 17.4 Å². The Kier molecular flexibility index (Phi) is 8.83. The average molecular weight is 589 g/mol. The number of carbonyl (C=O) groups excluding carboxylic acids is 2. The Hall–Kier alpha value is -4.48. The molecule has 0 fully saturated rings. The summed E-state index contributed by atoms with van der Waals surface area (Å²) in [5.41, 5.74) is 5.03. The number of rotatable bonds is 10. The number of ketones is 1. The molecule has 1 unspecified atom stereocenters. The Balaban J connectivity index is 1.79. The summed E-state index contributed by atoms with van der Waals surface area (Å²) >= 11 is 0. The summed E-state index contributed by atoms with van der Waals surface area (Å²) in [5.74, 6) is -5.30. The fourth-order valence-electron chi connectivity index (χ4n) is 4.98. The quantitative estimate of drug-likeness (QED) is 0.210. The zero-order valence-corrected chi connectivity index (χ0v) is 22.5. The van der Waals surface area contributed by atoms with Crippen LogP contribution in [0.2, 0.25) is 0 Å². The van der Waals surface area contributed by atoms with Crippen LogP contribution in [0.4, 0.5) is 26.3 Å². The minimum atomic E-state index is -4.71. The molecule has 2 atom stereocenters. The SMILES string of the molecule is CC(C)C(C(=O)C[C@@H](Cc1cc(F)cc(F)c1)c1ncccc1-c1ccc(F)c(C(N)=O)c1)n1ccc(C(F)(F)F)n1. The van der Waals surface area contributed by atoms with Gasteiger partial charge in [0.1, 0.15) is 23.5 Å². The average Bonchev–Trinajstić information content (AvgIpc) is 3.38. The third kappa shape index (κ3) is 6.87. The van der Waals surface area contributed by atoms with Gasteiger partial charge in [0.15, 0.2) is 11.5 Å². The molecular weight excluding hydrogens is 562 g/mol. The Morgan fingerprint density at radius 3 is 2.26 bits per heavy atom. The van der Waals surface area contributed by atoms with Crippen molar-refractivity contribution in [2.75, 3.05) is 0 Å². The van der Waals surface area contributed by atoms with Crippen LogP contribution in [0.3, 0.4) is 0 Å². The van der Waals surface area contributed by atoms with Crippen LogP contribution in [-0.4, -0.2) is 26.5 Å². The molecule has 12 heteroatoms. The van der Waals surface area contributed by atoms with E-state index in [4.69, 9.17) is 5.73 Å². The summed E-state index contributed by atoms with van der Waals surface area (Å²) in [4.78, 5) is 30.0. The van der Waals surface area contributed by atoms with Gasteiger partial charge in [-0.2, -0.15) is 18.3 Å². The van der Waals surface area contributed by atoms with Crippen molar-refractivity contribution in [1.82, 2.24) is 14.8 Å². The molecule has 2 aromatic heterocycles. The summed E-state index contributed by atoms with van der Waals surface area (Å²) in [7, 11) is 0. The first kappa shape index (κ1) is 30.5. The number of amides is 1. The highest BCUT2D eigenvalue weighted by Gasteiger charge is 2.36. The van der Waals surface area contributed by atoms with E-state index in [1.165, 1.54) is 18.3 Å². The van der Waals surface area contributed by atoms with Gasteiger partial charge in [0.2, 0.25) is 0 Å². The Morgan fingerprint density at radius 2 is 1.67 bits per heavy atom. The van der Waals surface area contributed by atoms with Crippen molar-refractivity contribution in [1.29, 1.82) is 0 Å². The smallest absolute Gasteiger partial charge is 0.366 e. The van der Waals surface area contributed by atoms with Crippen molar-refractivity contribution in [2.45, 2.75) is 44.8 Å². The number of pyridine rings is 1. The summed E-state index contributed by atoms with van der Waals surface area (Å²) in [6, 6.07) is 9.47. The molecule has 0 saturated heterocycles. The van der Waals surface area contributed by atoms with Crippen molar-refractivity contribution >= 4 is 11.7 Å². The largest absolute Gasteiger partial charge is 0.435 e. The molecule has 0 spiro atoms. The summed E-state index contributed by atoms with van der Waals surface area (Å²) < 4.78 is 83.1. The van der Waals surface area contributed by atoms with E-state index >= 15 is 0 Å². The van der Waals surface area contributed by atoms with Crippen LogP contribution >= 0.6 is 0 Å². The lowest BCUT2D eigenvalue weighted by Gasteiger charge is -2.25. The van der Waals surface area contributed by atoms with E-state index < -0.39 is 58.9 Å². The van der Waals surface area contributed by atoms with Crippen molar-refractivity contribution in [3.63, 3.8) is 0 Å². The van der Waals surface area contributed by atoms with E-state index in [-0.39, 0.29) is 29.7 Å². The lowest BCUT2D eigenvalue weighted by Crippen LogP contribution is -2.27. The third-order valence-electron chi connectivity index (χ3n) is 6.77. The van der Waals surface area contributed by atoms with Gasteiger partial charge >= 0.3 is 6.18 Å². The van der Waals surface area contributed by atoms with Gasteiger partial charge in [0.25, 0.3) is 5.91 Å². The minimum Gasteiger partial charge on any atom is -0.366 e. The van der Waals surface area contributed by atoms with Crippen molar-refractivity contribution in [3.05, 3.63) is 107 Å². The molecule has 0 bridgehead atoms. The number of alkyl halides is 3. The Bertz CT molecular complexity index is 1600. The third-order valence-corrected chi connectivity index (χ3v) is 6.77. The van der Waals surface area contributed by atoms with Crippen molar-refractivity contribution in [3.8, 4) is 11.1 Å². The number of Topliss-reactive ketones (excluding diaryl/α,β-unsaturated/α-hetero) is 1. The molecule has 0 aliphatic rings. The molecule has 0 aliphatic carbocycles. The normalized spacial score (nSPS) is 13.3. The second-order valence-electron chi connectivity index (χ2n) is 10.2. The molecule has 2 aromatic carbocycles. The highest BCUT2D eigenvalue weighted by molar-refractivity contribution is 5.94. The highest BCUT2D eigenvalue weighted by atomic mass is 19.4. The molecule has 4 aromatic rings. The number of hydrogen-bond donors (Lipinski definition) is 1. The van der Waals surface area contributed by atoms with Crippen LogP contribution in [0.5, 0.6) is 0 Å². The molecule has 0 saturated carbocycles. The van der Waals surface area contributed by atoms with E-state index in [0.717, 1.165) is 35.1 Å². The molecule has 0 radical (unpaired) electrons. The molecule has 220 valence electrons. The molecular formula is C30H26F6N4O2. The van der Waals surface area contributed by atoms with Gasteiger partial charge in [0, 0.05) is 36.4 Å².